The predicted octanol–water partition coefficient (Wildman–Crippen LogP) is 2.74. The van der Waals surface area contributed by atoms with Crippen LogP contribution in [-0.2, 0) is 4.79 Å². The first kappa shape index (κ1) is 14.9. The van der Waals surface area contributed by atoms with Crippen molar-refractivity contribution in [2.75, 3.05) is 23.3 Å². The zero-order valence-electron chi connectivity index (χ0n) is 12.5. The second-order valence-electron chi connectivity index (χ2n) is 6.28. The van der Waals surface area contributed by atoms with E-state index in [0.717, 1.165) is 18.8 Å². The van der Waals surface area contributed by atoms with Crippen LogP contribution < -0.4 is 16.0 Å². The van der Waals surface area contributed by atoms with Gasteiger partial charge in [0.05, 0.1) is 0 Å². The van der Waals surface area contributed by atoms with E-state index in [9.17, 15) is 4.79 Å². The first-order chi connectivity index (χ1) is 9.44. The van der Waals surface area contributed by atoms with Crippen molar-refractivity contribution in [3.8, 4) is 0 Å². The number of hydrogen-bond donors (Lipinski definition) is 2. The first-order valence-corrected chi connectivity index (χ1v) is 7.38. The molecule has 1 amide bonds. The molecule has 0 unspecified atom stereocenters. The smallest absolute Gasteiger partial charge is 0.224 e. The average Bonchev–Trinajstić information content (AvgIpc) is 2.90. The van der Waals surface area contributed by atoms with Crippen LogP contribution >= 0.6 is 0 Å². The molecule has 0 spiro atoms. The number of anilines is 2. The van der Waals surface area contributed by atoms with Crippen LogP contribution in [0, 0.1) is 0 Å². The summed E-state index contributed by atoms with van der Waals surface area (Å²) in [6, 6.07) is 8.10. The molecule has 0 bridgehead atoms. The van der Waals surface area contributed by atoms with Gasteiger partial charge in [-0.3, -0.25) is 4.79 Å². The van der Waals surface area contributed by atoms with Gasteiger partial charge >= 0.3 is 0 Å². The fourth-order valence-electron chi connectivity index (χ4n) is 2.39. The zero-order valence-corrected chi connectivity index (χ0v) is 12.5. The van der Waals surface area contributed by atoms with Crippen LogP contribution in [0.4, 0.5) is 11.4 Å². The molecule has 1 aliphatic rings. The predicted molar refractivity (Wildman–Crippen MR) is 84.0 cm³/mol. The molecule has 4 nitrogen and oxygen atoms in total. The maximum absolute atomic E-state index is 11.8. The number of benzene rings is 1. The largest absolute Gasteiger partial charge is 0.372 e. The lowest BCUT2D eigenvalue weighted by Crippen LogP contribution is -2.33. The Morgan fingerprint density at radius 3 is 2.40 bits per heavy atom. The van der Waals surface area contributed by atoms with Crippen molar-refractivity contribution >= 4 is 17.3 Å². The number of carbonyl (C=O) groups excluding carboxylic acids is 1. The van der Waals surface area contributed by atoms with Gasteiger partial charge in [0.15, 0.2) is 0 Å². The highest BCUT2D eigenvalue weighted by atomic mass is 16.1. The summed E-state index contributed by atoms with van der Waals surface area (Å²) in [6.45, 7) is 6.14. The summed E-state index contributed by atoms with van der Waals surface area (Å²) in [4.78, 5) is 14.2. The maximum atomic E-state index is 11.8. The van der Waals surface area contributed by atoms with Crippen LogP contribution in [0.5, 0.6) is 0 Å². The SMILES string of the molecule is CC(C)(N)CCC(=O)Nc1ccc(N2CCCC2)cc1. The second-order valence-corrected chi connectivity index (χ2v) is 6.28. The van der Waals surface area contributed by atoms with E-state index in [-0.39, 0.29) is 11.4 Å². The van der Waals surface area contributed by atoms with Gasteiger partial charge in [-0.25, -0.2) is 0 Å². The van der Waals surface area contributed by atoms with Crippen molar-refractivity contribution in [1.82, 2.24) is 0 Å². The summed E-state index contributed by atoms with van der Waals surface area (Å²) in [6.07, 6.45) is 3.68. The van der Waals surface area contributed by atoms with E-state index in [0.29, 0.717) is 12.8 Å². The minimum atomic E-state index is -0.295. The highest BCUT2D eigenvalue weighted by Gasteiger charge is 2.14. The number of nitrogens with zero attached hydrogens (tertiary/aromatic N) is 1. The third-order valence-electron chi connectivity index (χ3n) is 3.62. The van der Waals surface area contributed by atoms with E-state index < -0.39 is 0 Å². The standard InChI is InChI=1S/C16H25N3O/c1-16(2,17)10-9-15(20)18-13-5-7-14(8-6-13)19-11-3-4-12-19/h5-8H,3-4,9-12,17H2,1-2H3,(H,18,20). The number of nitrogens with two attached hydrogens (primary N) is 1. The Morgan fingerprint density at radius 2 is 1.85 bits per heavy atom. The molecule has 3 N–H and O–H groups in total. The number of amides is 1. The van der Waals surface area contributed by atoms with Gasteiger partial charge in [-0.2, -0.15) is 0 Å². The van der Waals surface area contributed by atoms with Gasteiger partial charge < -0.3 is 16.0 Å². The van der Waals surface area contributed by atoms with Gasteiger partial charge in [-0.1, -0.05) is 0 Å². The van der Waals surface area contributed by atoms with Gasteiger partial charge in [0.2, 0.25) is 5.91 Å². The fraction of sp³-hybridized carbons (Fsp3) is 0.562. The van der Waals surface area contributed by atoms with Crippen molar-refractivity contribution in [2.45, 2.75) is 45.1 Å². The van der Waals surface area contributed by atoms with Crippen LogP contribution in [-0.4, -0.2) is 24.5 Å². The molecule has 110 valence electrons. The third kappa shape index (κ3) is 4.53. The Balaban J connectivity index is 1.85. The lowest BCUT2D eigenvalue weighted by atomic mass is 10.00. The molecule has 2 rings (SSSR count). The van der Waals surface area contributed by atoms with E-state index in [1.165, 1.54) is 18.5 Å². The Morgan fingerprint density at radius 1 is 1.25 bits per heavy atom. The van der Waals surface area contributed by atoms with Gasteiger partial charge in [-0.05, 0) is 57.4 Å². The third-order valence-corrected chi connectivity index (χ3v) is 3.62. The molecule has 0 aliphatic carbocycles. The van der Waals surface area contributed by atoms with Gasteiger partial charge in [0.25, 0.3) is 0 Å². The summed E-state index contributed by atoms with van der Waals surface area (Å²) >= 11 is 0. The first-order valence-electron chi connectivity index (χ1n) is 7.38. The molecule has 0 aromatic heterocycles. The van der Waals surface area contributed by atoms with Crippen molar-refractivity contribution in [3.63, 3.8) is 0 Å². The summed E-state index contributed by atoms with van der Waals surface area (Å²) in [7, 11) is 0. The van der Waals surface area contributed by atoms with E-state index in [2.05, 4.69) is 22.3 Å². The van der Waals surface area contributed by atoms with Crippen molar-refractivity contribution in [2.24, 2.45) is 5.73 Å². The Labute approximate surface area is 121 Å². The molecular formula is C16H25N3O. The monoisotopic (exact) mass is 275 g/mol. The number of hydrogen-bond acceptors (Lipinski definition) is 3. The second kappa shape index (κ2) is 6.27. The van der Waals surface area contributed by atoms with Crippen LogP contribution in [0.1, 0.15) is 39.5 Å². The minimum Gasteiger partial charge on any atom is -0.372 e. The van der Waals surface area contributed by atoms with Crippen LogP contribution in [0.3, 0.4) is 0 Å². The number of nitrogens with one attached hydrogen (secondary N) is 1. The lowest BCUT2D eigenvalue weighted by molar-refractivity contribution is -0.116. The molecule has 1 aliphatic heterocycles. The molecule has 1 saturated heterocycles. The summed E-state index contributed by atoms with van der Waals surface area (Å²) in [5.74, 6) is 0.0254. The van der Waals surface area contributed by atoms with E-state index in [1.807, 2.05) is 26.0 Å². The average molecular weight is 275 g/mol. The molecular weight excluding hydrogens is 250 g/mol. The Kier molecular flexibility index (Phi) is 4.65. The van der Waals surface area contributed by atoms with E-state index >= 15 is 0 Å². The van der Waals surface area contributed by atoms with Gasteiger partial charge in [-0.15, -0.1) is 0 Å². The topological polar surface area (TPSA) is 58.4 Å². The highest BCUT2D eigenvalue weighted by Crippen LogP contribution is 2.22. The fourth-order valence-corrected chi connectivity index (χ4v) is 2.39. The molecule has 4 heteroatoms. The van der Waals surface area contributed by atoms with Crippen LogP contribution in [0.25, 0.3) is 0 Å². The summed E-state index contributed by atoms with van der Waals surface area (Å²) in [5, 5.41) is 2.92. The summed E-state index contributed by atoms with van der Waals surface area (Å²) in [5.41, 5.74) is 7.68. The molecule has 1 fully saturated rings. The minimum absolute atomic E-state index is 0.0254. The number of rotatable bonds is 5. The Hall–Kier alpha value is -1.55. The van der Waals surface area contributed by atoms with Crippen molar-refractivity contribution in [1.29, 1.82) is 0 Å². The lowest BCUT2D eigenvalue weighted by Gasteiger charge is -2.19. The maximum Gasteiger partial charge on any atom is 0.224 e. The molecule has 1 heterocycles. The van der Waals surface area contributed by atoms with Crippen LogP contribution in [0.15, 0.2) is 24.3 Å². The van der Waals surface area contributed by atoms with E-state index in [4.69, 9.17) is 5.73 Å². The quantitative estimate of drug-likeness (QED) is 0.868. The molecule has 1 aromatic carbocycles. The zero-order chi connectivity index (χ0) is 14.6. The molecule has 0 radical (unpaired) electrons. The van der Waals surface area contributed by atoms with Crippen LogP contribution in [0.2, 0.25) is 0 Å². The summed E-state index contributed by atoms with van der Waals surface area (Å²) < 4.78 is 0. The highest BCUT2D eigenvalue weighted by molar-refractivity contribution is 5.90. The van der Waals surface area contributed by atoms with Gasteiger partial charge in [0.1, 0.15) is 0 Å². The molecule has 0 saturated carbocycles. The molecule has 1 aromatic rings. The molecule has 0 atom stereocenters. The molecule has 20 heavy (non-hydrogen) atoms. The van der Waals surface area contributed by atoms with Gasteiger partial charge in [0, 0.05) is 36.4 Å². The van der Waals surface area contributed by atoms with Crippen molar-refractivity contribution in [3.05, 3.63) is 24.3 Å². The number of carbonyl (C=O) groups is 1. The van der Waals surface area contributed by atoms with Crippen molar-refractivity contribution < 1.29 is 4.79 Å². The normalized spacial score (nSPS) is 15.4. The van der Waals surface area contributed by atoms with E-state index in [1.54, 1.807) is 0 Å². The Bertz CT molecular complexity index is 442.